The predicted molar refractivity (Wildman–Crippen MR) is 81.5 cm³/mol. The van der Waals surface area contributed by atoms with Crippen LogP contribution in [0.4, 0.5) is 4.79 Å². The smallest absolute Gasteiger partial charge is 0.315 e. The van der Waals surface area contributed by atoms with Crippen LogP contribution in [0.15, 0.2) is 12.1 Å². The van der Waals surface area contributed by atoms with Crippen molar-refractivity contribution in [2.75, 3.05) is 39.4 Å². The average molecular weight is 318 g/mol. The zero-order valence-corrected chi connectivity index (χ0v) is 13.1. The van der Waals surface area contributed by atoms with Gasteiger partial charge in [-0.15, -0.1) is 11.3 Å². The molecule has 1 aromatic rings. The molecule has 0 radical (unpaired) electrons. The van der Waals surface area contributed by atoms with Gasteiger partial charge in [0.25, 0.3) is 0 Å². The number of amides is 2. The van der Waals surface area contributed by atoms with Crippen molar-refractivity contribution in [3.05, 3.63) is 21.3 Å². The molecule has 1 fully saturated rings. The molecule has 2 N–H and O–H groups in total. The van der Waals surface area contributed by atoms with Gasteiger partial charge in [0.15, 0.2) is 0 Å². The maximum absolute atomic E-state index is 11.8. The highest BCUT2D eigenvalue weighted by Gasteiger charge is 2.13. The fourth-order valence-electron chi connectivity index (χ4n) is 2.03. The molecule has 0 bridgehead atoms. The van der Waals surface area contributed by atoms with Crippen LogP contribution in [0.1, 0.15) is 17.8 Å². The van der Waals surface area contributed by atoms with E-state index in [0.717, 1.165) is 42.1 Å². The molecule has 7 heteroatoms. The van der Waals surface area contributed by atoms with Crippen molar-refractivity contribution >= 4 is 29.0 Å². The van der Waals surface area contributed by atoms with Gasteiger partial charge in [0, 0.05) is 31.1 Å². The molecule has 1 aromatic heterocycles. The number of halogens is 1. The summed E-state index contributed by atoms with van der Waals surface area (Å²) >= 11 is 7.37. The van der Waals surface area contributed by atoms with Gasteiger partial charge in [-0.25, -0.2) is 4.79 Å². The van der Waals surface area contributed by atoms with Crippen molar-refractivity contribution in [1.29, 1.82) is 0 Å². The lowest BCUT2D eigenvalue weighted by molar-refractivity contribution is 0.0387. The first-order chi connectivity index (χ1) is 9.65. The van der Waals surface area contributed by atoms with E-state index in [1.54, 1.807) is 0 Å². The molecule has 2 heterocycles. The zero-order chi connectivity index (χ0) is 14.4. The number of ether oxygens (including phenoxy) is 1. The second kappa shape index (κ2) is 7.83. The van der Waals surface area contributed by atoms with Crippen LogP contribution in [-0.4, -0.2) is 50.3 Å². The molecule has 1 aliphatic heterocycles. The van der Waals surface area contributed by atoms with Crippen molar-refractivity contribution < 1.29 is 9.53 Å². The lowest BCUT2D eigenvalue weighted by Gasteiger charge is -2.26. The molecule has 1 unspecified atom stereocenters. The van der Waals surface area contributed by atoms with E-state index in [4.69, 9.17) is 16.3 Å². The van der Waals surface area contributed by atoms with Gasteiger partial charge in [0.1, 0.15) is 0 Å². The second-order valence-corrected chi connectivity index (χ2v) is 6.46. The van der Waals surface area contributed by atoms with Crippen molar-refractivity contribution in [3.8, 4) is 0 Å². The number of thiophene rings is 1. The molecule has 112 valence electrons. The molecule has 1 atom stereocenters. The number of nitrogens with one attached hydrogen (secondary N) is 2. The van der Waals surface area contributed by atoms with Crippen molar-refractivity contribution in [2.45, 2.75) is 13.0 Å². The van der Waals surface area contributed by atoms with Crippen LogP contribution in [0.3, 0.4) is 0 Å². The molecule has 1 saturated heterocycles. The van der Waals surface area contributed by atoms with E-state index in [1.165, 1.54) is 11.3 Å². The molecule has 0 aliphatic carbocycles. The van der Waals surface area contributed by atoms with Crippen LogP contribution in [0.2, 0.25) is 4.34 Å². The van der Waals surface area contributed by atoms with Gasteiger partial charge in [0.05, 0.1) is 23.6 Å². The van der Waals surface area contributed by atoms with E-state index in [-0.39, 0.29) is 12.1 Å². The van der Waals surface area contributed by atoms with Crippen molar-refractivity contribution in [3.63, 3.8) is 0 Å². The monoisotopic (exact) mass is 317 g/mol. The van der Waals surface area contributed by atoms with Gasteiger partial charge in [0.2, 0.25) is 0 Å². The molecule has 1 aliphatic rings. The lowest BCUT2D eigenvalue weighted by Crippen LogP contribution is -2.44. The number of urea groups is 1. The number of morpholine rings is 1. The summed E-state index contributed by atoms with van der Waals surface area (Å²) in [6, 6.07) is 3.60. The Labute approximate surface area is 128 Å². The first kappa shape index (κ1) is 15.6. The van der Waals surface area contributed by atoms with Gasteiger partial charge in [-0.05, 0) is 19.1 Å². The molecule has 0 aromatic carbocycles. The standard InChI is InChI=1S/C13H20ClN3O2S/c1-10(11-2-3-12(14)20-11)16-13(18)15-4-5-17-6-8-19-9-7-17/h2-3,10H,4-9H2,1H3,(H2,15,16,18). The van der Waals surface area contributed by atoms with E-state index >= 15 is 0 Å². The van der Waals surface area contributed by atoms with Gasteiger partial charge in [-0.2, -0.15) is 0 Å². The van der Waals surface area contributed by atoms with Crippen molar-refractivity contribution in [1.82, 2.24) is 15.5 Å². The molecule has 0 saturated carbocycles. The summed E-state index contributed by atoms with van der Waals surface area (Å²) in [6.45, 7) is 6.88. The summed E-state index contributed by atoms with van der Waals surface area (Å²) in [7, 11) is 0. The Morgan fingerprint density at radius 3 is 2.90 bits per heavy atom. The molecule has 2 rings (SSSR count). The van der Waals surface area contributed by atoms with Gasteiger partial charge in [-0.3, -0.25) is 4.90 Å². The minimum absolute atomic E-state index is 0.0316. The summed E-state index contributed by atoms with van der Waals surface area (Å²) in [4.78, 5) is 15.1. The number of carbonyl (C=O) groups excluding carboxylic acids is 1. The molecule has 5 nitrogen and oxygen atoms in total. The highest BCUT2D eigenvalue weighted by molar-refractivity contribution is 7.16. The Hall–Kier alpha value is -0.820. The topological polar surface area (TPSA) is 53.6 Å². The molecule has 0 spiro atoms. The Morgan fingerprint density at radius 1 is 1.50 bits per heavy atom. The van der Waals surface area contributed by atoms with Crippen LogP contribution in [0.5, 0.6) is 0 Å². The third-order valence-corrected chi connectivity index (χ3v) is 4.60. The highest BCUT2D eigenvalue weighted by Crippen LogP contribution is 2.26. The molecular formula is C13H20ClN3O2S. The Bertz CT molecular complexity index is 435. The number of carbonyl (C=O) groups is 1. The quantitative estimate of drug-likeness (QED) is 0.874. The normalized spacial score (nSPS) is 17.7. The predicted octanol–water partition coefficient (Wildman–Crippen LogP) is 2.09. The average Bonchev–Trinajstić information content (AvgIpc) is 2.87. The zero-order valence-electron chi connectivity index (χ0n) is 11.5. The number of hydrogen-bond donors (Lipinski definition) is 2. The van der Waals surface area contributed by atoms with E-state index in [0.29, 0.717) is 6.54 Å². The minimum Gasteiger partial charge on any atom is -0.379 e. The lowest BCUT2D eigenvalue weighted by atomic mass is 10.3. The molecular weight excluding hydrogens is 298 g/mol. The summed E-state index contributed by atoms with van der Waals surface area (Å²) in [5.74, 6) is 0. The molecule has 20 heavy (non-hydrogen) atoms. The Balaban J connectivity index is 1.64. The van der Waals surface area contributed by atoms with Crippen LogP contribution in [0, 0.1) is 0 Å². The third kappa shape index (κ3) is 4.94. The Kier molecular flexibility index (Phi) is 6.09. The third-order valence-electron chi connectivity index (χ3n) is 3.19. The first-order valence-electron chi connectivity index (χ1n) is 6.75. The fourth-order valence-corrected chi connectivity index (χ4v) is 3.10. The second-order valence-electron chi connectivity index (χ2n) is 4.72. The van der Waals surface area contributed by atoms with Gasteiger partial charge in [-0.1, -0.05) is 11.6 Å². The Morgan fingerprint density at radius 2 is 2.25 bits per heavy atom. The summed E-state index contributed by atoms with van der Waals surface area (Å²) in [6.07, 6.45) is 0. The SMILES string of the molecule is CC(NC(=O)NCCN1CCOCC1)c1ccc(Cl)s1. The van der Waals surface area contributed by atoms with Gasteiger partial charge < -0.3 is 15.4 Å². The number of hydrogen-bond acceptors (Lipinski definition) is 4. The summed E-state index contributed by atoms with van der Waals surface area (Å²) in [5.41, 5.74) is 0. The van der Waals surface area contributed by atoms with E-state index in [1.807, 2.05) is 19.1 Å². The maximum atomic E-state index is 11.8. The summed E-state index contributed by atoms with van der Waals surface area (Å²) in [5, 5.41) is 5.78. The highest BCUT2D eigenvalue weighted by atomic mass is 35.5. The summed E-state index contributed by atoms with van der Waals surface area (Å²) < 4.78 is 6.02. The largest absolute Gasteiger partial charge is 0.379 e. The maximum Gasteiger partial charge on any atom is 0.315 e. The minimum atomic E-state index is -0.143. The van der Waals surface area contributed by atoms with E-state index in [2.05, 4.69) is 15.5 Å². The van der Waals surface area contributed by atoms with E-state index in [9.17, 15) is 4.79 Å². The van der Waals surface area contributed by atoms with Crippen LogP contribution < -0.4 is 10.6 Å². The van der Waals surface area contributed by atoms with E-state index < -0.39 is 0 Å². The van der Waals surface area contributed by atoms with Crippen molar-refractivity contribution in [2.24, 2.45) is 0 Å². The van der Waals surface area contributed by atoms with Gasteiger partial charge >= 0.3 is 6.03 Å². The molecule has 2 amide bonds. The first-order valence-corrected chi connectivity index (χ1v) is 7.94. The van der Waals surface area contributed by atoms with Crippen LogP contribution in [0.25, 0.3) is 0 Å². The number of nitrogens with zero attached hydrogens (tertiary/aromatic N) is 1. The fraction of sp³-hybridized carbons (Fsp3) is 0.615. The number of rotatable bonds is 5. The van der Waals surface area contributed by atoms with Crippen LogP contribution >= 0.6 is 22.9 Å². The van der Waals surface area contributed by atoms with Crippen LogP contribution in [-0.2, 0) is 4.74 Å².